The number of rotatable bonds is 12. The van der Waals surface area contributed by atoms with Crippen LogP contribution in [-0.4, -0.2) is 46.4 Å². The van der Waals surface area contributed by atoms with Crippen molar-refractivity contribution in [2.75, 3.05) is 20.8 Å². The van der Waals surface area contributed by atoms with Crippen LogP contribution < -0.4 is 14.8 Å². The number of nitrogens with one attached hydrogen (secondary N) is 1. The number of thiazole rings is 1. The summed E-state index contributed by atoms with van der Waals surface area (Å²) >= 11 is 15.5. The number of hydrogen-bond acceptors (Lipinski definition) is 8. The minimum atomic E-state index is -0.216. The number of ether oxygens (including phenoxy) is 2. The monoisotopic (exact) mass is 639 g/mol. The van der Waals surface area contributed by atoms with E-state index in [-0.39, 0.29) is 5.91 Å². The zero-order valence-electron chi connectivity index (χ0n) is 22.8. The second-order valence-corrected chi connectivity index (χ2v) is 11.8. The maximum atomic E-state index is 12.8. The van der Waals surface area contributed by atoms with E-state index < -0.39 is 0 Å². The number of carbonyl (C=O) groups excluding carboxylic acids is 1. The van der Waals surface area contributed by atoms with E-state index in [0.29, 0.717) is 57.5 Å². The minimum absolute atomic E-state index is 0.216. The molecule has 0 aliphatic carbocycles. The van der Waals surface area contributed by atoms with E-state index in [2.05, 4.69) is 32.6 Å². The smallest absolute Gasteiger partial charge is 0.270 e. The van der Waals surface area contributed by atoms with E-state index in [1.165, 1.54) is 23.1 Å². The van der Waals surface area contributed by atoms with Crippen LogP contribution in [0.25, 0.3) is 5.69 Å². The summed E-state index contributed by atoms with van der Waals surface area (Å²) in [6.45, 7) is 0.465. The molecule has 2 heterocycles. The lowest BCUT2D eigenvalue weighted by atomic mass is 10.1. The van der Waals surface area contributed by atoms with Gasteiger partial charge in [-0.2, -0.15) is 0 Å². The van der Waals surface area contributed by atoms with Crippen LogP contribution in [0.4, 0.5) is 0 Å². The van der Waals surface area contributed by atoms with Gasteiger partial charge in [-0.3, -0.25) is 9.36 Å². The van der Waals surface area contributed by atoms with E-state index in [1.807, 2.05) is 47.0 Å². The van der Waals surface area contributed by atoms with Crippen molar-refractivity contribution in [1.82, 2.24) is 25.1 Å². The van der Waals surface area contributed by atoms with E-state index >= 15 is 0 Å². The number of hydrogen-bond donors (Lipinski definition) is 1. The zero-order valence-corrected chi connectivity index (χ0v) is 26.0. The molecule has 0 atom stereocenters. The number of carbonyl (C=O) groups is 1. The molecular weight excluding hydrogens is 613 g/mol. The lowest BCUT2D eigenvalue weighted by Gasteiger charge is -2.11. The Labute approximate surface area is 262 Å². The van der Waals surface area contributed by atoms with E-state index in [4.69, 9.17) is 32.7 Å². The Morgan fingerprint density at radius 2 is 1.76 bits per heavy atom. The molecule has 0 spiro atoms. The first kappa shape index (κ1) is 29.9. The molecular formula is C30H27Cl2N5O3S2. The first-order valence-corrected chi connectivity index (χ1v) is 15.6. The molecule has 1 amide bonds. The number of halogens is 2. The molecule has 5 rings (SSSR count). The van der Waals surface area contributed by atoms with Crippen molar-refractivity contribution in [1.29, 1.82) is 0 Å². The number of nitrogens with zero attached hydrogens (tertiary/aromatic N) is 4. The fourth-order valence-corrected chi connectivity index (χ4v) is 6.28. The number of benzene rings is 3. The average Bonchev–Trinajstić information content (AvgIpc) is 3.65. The quantitative estimate of drug-likeness (QED) is 0.148. The van der Waals surface area contributed by atoms with Gasteiger partial charge in [-0.1, -0.05) is 71.4 Å². The standard InChI is InChI=1S/C30H27Cl2N5O3S2/c1-39-25-11-8-20(14-26(25)40-2)12-13-33-29(38)24-17-41-28(34-24)18-42-30-36-35-27(15-19-6-4-3-5-7-19)37(30)21-9-10-22(31)23(32)16-21/h3-11,14,16-17H,12-13,15,18H2,1-2H3,(H,33,38). The SMILES string of the molecule is COc1ccc(CCNC(=O)c2csc(CSc3nnc(Cc4ccccc4)n3-c3ccc(Cl)c(Cl)c3)n2)cc1OC. The van der Waals surface area contributed by atoms with Crippen molar-refractivity contribution in [3.8, 4) is 17.2 Å². The molecule has 12 heteroatoms. The Morgan fingerprint density at radius 1 is 0.952 bits per heavy atom. The maximum Gasteiger partial charge on any atom is 0.270 e. The molecule has 0 aliphatic heterocycles. The first-order valence-electron chi connectivity index (χ1n) is 12.9. The van der Waals surface area contributed by atoms with Crippen LogP contribution in [0.5, 0.6) is 11.5 Å². The zero-order chi connectivity index (χ0) is 29.5. The van der Waals surface area contributed by atoms with E-state index in [1.54, 1.807) is 31.7 Å². The Morgan fingerprint density at radius 3 is 2.52 bits per heavy atom. The number of methoxy groups -OCH3 is 2. The molecule has 8 nitrogen and oxygen atoms in total. The Balaban J connectivity index is 1.24. The Hall–Kier alpha value is -3.57. The second kappa shape index (κ2) is 14.1. The molecule has 0 unspecified atom stereocenters. The molecule has 0 aliphatic rings. The number of amides is 1. The summed E-state index contributed by atoms with van der Waals surface area (Å²) in [5.41, 5.74) is 3.35. The Kier molecular flexibility index (Phi) is 10.0. The third kappa shape index (κ3) is 7.25. The topological polar surface area (TPSA) is 91.2 Å². The largest absolute Gasteiger partial charge is 0.493 e. The van der Waals surface area contributed by atoms with Gasteiger partial charge in [0.2, 0.25) is 0 Å². The van der Waals surface area contributed by atoms with Crippen LogP contribution in [-0.2, 0) is 18.6 Å². The van der Waals surface area contributed by atoms with Gasteiger partial charge in [-0.05, 0) is 47.9 Å². The summed E-state index contributed by atoms with van der Waals surface area (Å²) in [6.07, 6.45) is 1.24. The van der Waals surface area contributed by atoms with Crippen molar-refractivity contribution in [2.24, 2.45) is 0 Å². The molecule has 0 bridgehead atoms. The molecule has 3 aromatic carbocycles. The fourth-order valence-electron chi connectivity index (χ4n) is 4.23. The van der Waals surface area contributed by atoms with Gasteiger partial charge >= 0.3 is 0 Å². The van der Waals surface area contributed by atoms with Crippen LogP contribution in [0.15, 0.2) is 77.3 Å². The van der Waals surface area contributed by atoms with Gasteiger partial charge in [-0.25, -0.2) is 4.98 Å². The van der Waals surface area contributed by atoms with Crippen molar-refractivity contribution in [3.63, 3.8) is 0 Å². The average molecular weight is 641 g/mol. The first-order chi connectivity index (χ1) is 20.4. The molecule has 1 N–H and O–H groups in total. The van der Waals surface area contributed by atoms with Crippen LogP contribution >= 0.6 is 46.3 Å². The second-order valence-electron chi connectivity index (χ2n) is 9.11. The highest BCUT2D eigenvalue weighted by molar-refractivity contribution is 7.98. The van der Waals surface area contributed by atoms with Crippen molar-refractivity contribution in [2.45, 2.75) is 23.8 Å². The fraction of sp³-hybridized carbons (Fsp3) is 0.200. The van der Waals surface area contributed by atoms with E-state index in [9.17, 15) is 4.79 Å². The molecule has 216 valence electrons. The van der Waals surface area contributed by atoms with Crippen molar-refractivity contribution in [3.05, 3.63) is 110 Å². The van der Waals surface area contributed by atoms with Crippen LogP contribution in [0, 0.1) is 0 Å². The van der Waals surface area contributed by atoms with Gasteiger partial charge in [0.1, 0.15) is 16.5 Å². The molecule has 0 saturated carbocycles. The van der Waals surface area contributed by atoms with E-state index in [0.717, 1.165) is 27.6 Å². The van der Waals surface area contributed by atoms with Crippen molar-refractivity contribution >= 4 is 52.2 Å². The highest BCUT2D eigenvalue weighted by atomic mass is 35.5. The predicted molar refractivity (Wildman–Crippen MR) is 168 cm³/mol. The van der Waals surface area contributed by atoms with Gasteiger partial charge < -0.3 is 14.8 Å². The maximum absolute atomic E-state index is 12.8. The summed E-state index contributed by atoms with van der Waals surface area (Å²) in [4.78, 5) is 17.3. The number of aromatic nitrogens is 4. The molecule has 0 saturated heterocycles. The van der Waals surface area contributed by atoms with Crippen LogP contribution in [0.1, 0.15) is 32.4 Å². The number of thioether (sulfide) groups is 1. The lowest BCUT2D eigenvalue weighted by Crippen LogP contribution is -2.26. The van der Waals surface area contributed by atoms with Gasteiger partial charge in [0.15, 0.2) is 16.7 Å². The molecule has 5 aromatic rings. The summed E-state index contributed by atoms with van der Waals surface area (Å²) in [5.74, 6) is 2.41. The van der Waals surface area contributed by atoms with Gasteiger partial charge in [0, 0.05) is 18.3 Å². The highest BCUT2D eigenvalue weighted by Gasteiger charge is 2.18. The summed E-state index contributed by atoms with van der Waals surface area (Å²) in [6, 6.07) is 21.3. The van der Waals surface area contributed by atoms with Gasteiger partial charge in [0.05, 0.1) is 35.7 Å². The van der Waals surface area contributed by atoms with Crippen LogP contribution in [0.2, 0.25) is 10.0 Å². The normalized spacial score (nSPS) is 11.0. The van der Waals surface area contributed by atoms with Gasteiger partial charge in [0.25, 0.3) is 5.91 Å². The molecule has 0 fully saturated rings. The van der Waals surface area contributed by atoms with Gasteiger partial charge in [-0.15, -0.1) is 21.5 Å². The third-order valence-electron chi connectivity index (χ3n) is 6.32. The molecule has 2 aromatic heterocycles. The Bertz CT molecular complexity index is 1680. The summed E-state index contributed by atoms with van der Waals surface area (Å²) in [7, 11) is 3.20. The highest BCUT2D eigenvalue weighted by Crippen LogP contribution is 2.31. The minimum Gasteiger partial charge on any atom is -0.493 e. The lowest BCUT2D eigenvalue weighted by molar-refractivity contribution is 0.0949. The predicted octanol–water partition coefficient (Wildman–Crippen LogP) is 6.90. The summed E-state index contributed by atoms with van der Waals surface area (Å²) < 4.78 is 12.6. The van der Waals surface area contributed by atoms with Crippen LogP contribution in [0.3, 0.4) is 0 Å². The molecule has 42 heavy (non-hydrogen) atoms. The van der Waals surface area contributed by atoms with Crippen molar-refractivity contribution < 1.29 is 14.3 Å². The third-order valence-corrected chi connectivity index (χ3v) is 9.03. The summed E-state index contributed by atoms with van der Waals surface area (Å²) in [5, 5.41) is 16.1. The molecule has 0 radical (unpaired) electrons.